The first-order valence-corrected chi connectivity index (χ1v) is 9.67. The number of nitrogens with one attached hydrogen (secondary N) is 1. The van der Waals surface area contributed by atoms with E-state index in [9.17, 15) is 4.79 Å². The van der Waals surface area contributed by atoms with Crippen molar-refractivity contribution in [3.8, 4) is 0 Å². The van der Waals surface area contributed by atoms with Crippen molar-refractivity contribution in [1.29, 1.82) is 0 Å². The van der Waals surface area contributed by atoms with Gasteiger partial charge in [-0.25, -0.2) is 4.98 Å². The molecule has 0 spiro atoms. The van der Waals surface area contributed by atoms with Gasteiger partial charge in [-0.2, -0.15) is 0 Å². The first-order valence-electron chi connectivity index (χ1n) is 7.60. The zero-order chi connectivity index (χ0) is 17.8. The average molecular weight is 465 g/mol. The summed E-state index contributed by atoms with van der Waals surface area (Å²) in [5.74, 6) is 1.19. The summed E-state index contributed by atoms with van der Waals surface area (Å²) in [6, 6.07) is 11.3. The minimum atomic E-state index is -0.174. The van der Waals surface area contributed by atoms with Crippen molar-refractivity contribution in [2.45, 2.75) is 24.6 Å². The minimum absolute atomic E-state index is 0.174. The molecule has 2 aromatic heterocycles. The van der Waals surface area contributed by atoms with Crippen LogP contribution in [0.15, 0.2) is 52.1 Å². The molecule has 1 amide bonds. The topological polar surface area (TPSA) is 68.0 Å². The van der Waals surface area contributed by atoms with E-state index in [-0.39, 0.29) is 5.91 Å². The lowest BCUT2D eigenvalue weighted by Crippen LogP contribution is -2.13. The maximum absolute atomic E-state index is 12.6. The van der Waals surface area contributed by atoms with Crippen molar-refractivity contribution in [2.75, 3.05) is 5.32 Å². The van der Waals surface area contributed by atoms with E-state index in [1.165, 1.54) is 17.3 Å². The summed E-state index contributed by atoms with van der Waals surface area (Å²) in [6.45, 7) is 3.89. The van der Waals surface area contributed by atoms with E-state index < -0.39 is 0 Å². The van der Waals surface area contributed by atoms with Gasteiger partial charge in [-0.05, 0) is 66.3 Å². The Bertz CT molecular complexity index is 911. The van der Waals surface area contributed by atoms with Gasteiger partial charge in [0.2, 0.25) is 0 Å². The molecular formula is C18H16IN3O2S. The van der Waals surface area contributed by atoms with Gasteiger partial charge < -0.3 is 9.84 Å². The molecule has 0 aliphatic heterocycles. The largest absolute Gasteiger partial charge is 0.361 e. The molecule has 0 unspecified atom stereocenters. The van der Waals surface area contributed by atoms with Crippen molar-refractivity contribution >= 4 is 45.9 Å². The number of aromatic nitrogens is 2. The number of amides is 1. The lowest BCUT2D eigenvalue weighted by molar-refractivity contribution is 0.102. The van der Waals surface area contributed by atoms with Crippen molar-refractivity contribution in [1.82, 2.24) is 10.1 Å². The molecule has 0 aliphatic rings. The van der Waals surface area contributed by atoms with Gasteiger partial charge in [-0.15, -0.1) is 0 Å². The SMILES string of the molecule is Cc1cc(CSc2ncccc2C(=O)Nc2ccc(C)c(I)c2)no1. The second-order valence-electron chi connectivity index (χ2n) is 5.49. The monoisotopic (exact) mass is 465 g/mol. The van der Waals surface area contributed by atoms with Gasteiger partial charge >= 0.3 is 0 Å². The van der Waals surface area contributed by atoms with Crippen LogP contribution >= 0.6 is 34.4 Å². The highest BCUT2D eigenvalue weighted by Gasteiger charge is 2.14. The average Bonchev–Trinajstić information content (AvgIpc) is 3.02. The summed E-state index contributed by atoms with van der Waals surface area (Å²) >= 11 is 3.72. The molecule has 7 heteroatoms. The number of halogens is 1. The Morgan fingerprint density at radius 3 is 2.84 bits per heavy atom. The van der Waals surface area contributed by atoms with E-state index in [1.54, 1.807) is 18.3 Å². The van der Waals surface area contributed by atoms with E-state index in [4.69, 9.17) is 4.52 Å². The summed E-state index contributed by atoms with van der Waals surface area (Å²) in [5, 5.41) is 7.57. The second-order valence-corrected chi connectivity index (χ2v) is 7.62. The van der Waals surface area contributed by atoms with E-state index in [0.717, 1.165) is 20.7 Å². The second kappa shape index (κ2) is 8.01. The molecule has 0 bridgehead atoms. The predicted octanol–water partition coefficient (Wildman–Crippen LogP) is 4.84. The lowest BCUT2D eigenvalue weighted by Gasteiger charge is -2.09. The third-order valence-corrected chi connectivity index (χ3v) is 5.68. The van der Waals surface area contributed by atoms with Crippen molar-refractivity contribution in [3.63, 3.8) is 0 Å². The normalized spacial score (nSPS) is 10.7. The van der Waals surface area contributed by atoms with Crippen molar-refractivity contribution in [2.24, 2.45) is 0 Å². The lowest BCUT2D eigenvalue weighted by atomic mass is 10.2. The summed E-state index contributed by atoms with van der Waals surface area (Å²) < 4.78 is 6.18. The predicted molar refractivity (Wildman–Crippen MR) is 107 cm³/mol. The molecule has 0 saturated carbocycles. The highest BCUT2D eigenvalue weighted by Crippen LogP contribution is 2.25. The van der Waals surface area contributed by atoms with Crippen LogP contribution in [-0.2, 0) is 5.75 Å². The number of carbonyl (C=O) groups is 1. The number of anilines is 1. The number of hydrogen-bond donors (Lipinski definition) is 1. The summed E-state index contributed by atoms with van der Waals surface area (Å²) in [5.41, 5.74) is 3.32. The van der Waals surface area contributed by atoms with Crippen molar-refractivity contribution in [3.05, 3.63) is 68.7 Å². The maximum atomic E-state index is 12.6. The fraction of sp³-hybridized carbons (Fsp3) is 0.167. The van der Waals surface area contributed by atoms with Crippen LogP contribution in [0.2, 0.25) is 0 Å². The molecule has 5 nitrogen and oxygen atoms in total. The molecule has 3 rings (SSSR count). The van der Waals surface area contributed by atoms with E-state index >= 15 is 0 Å². The summed E-state index contributed by atoms with van der Waals surface area (Å²) in [6.07, 6.45) is 1.68. The van der Waals surface area contributed by atoms with Gasteiger partial charge in [0.25, 0.3) is 5.91 Å². The fourth-order valence-electron chi connectivity index (χ4n) is 2.18. The third-order valence-electron chi connectivity index (χ3n) is 3.48. The van der Waals surface area contributed by atoms with Gasteiger partial charge in [-0.1, -0.05) is 23.0 Å². The van der Waals surface area contributed by atoms with Crippen molar-refractivity contribution < 1.29 is 9.32 Å². The number of carbonyl (C=O) groups excluding carboxylic acids is 1. The van der Waals surface area contributed by atoms with Gasteiger partial charge in [-0.3, -0.25) is 4.79 Å². The first kappa shape index (κ1) is 17.9. The van der Waals surface area contributed by atoms with Crippen LogP contribution in [-0.4, -0.2) is 16.0 Å². The van der Waals surface area contributed by atoms with Crippen LogP contribution in [0.25, 0.3) is 0 Å². The molecule has 0 radical (unpaired) electrons. The molecule has 0 aliphatic carbocycles. The van der Waals surface area contributed by atoms with Crippen LogP contribution < -0.4 is 5.32 Å². The minimum Gasteiger partial charge on any atom is -0.361 e. The molecule has 3 aromatic rings. The van der Waals surface area contributed by atoms with Crippen LogP contribution in [0.5, 0.6) is 0 Å². The molecule has 1 N–H and O–H groups in total. The molecule has 1 aromatic carbocycles. The van der Waals surface area contributed by atoms with Gasteiger partial charge in [0.1, 0.15) is 10.8 Å². The number of thioether (sulfide) groups is 1. The maximum Gasteiger partial charge on any atom is 0.258 e. The van der Waals surface area contributed by atoms with Crippen LogP contribution in [0.1, 0.15) is 27.4 Å². The number of nitrogens with zero attached hydrogens (tertiary/aromatic N) is 2. The number of rotatable bonds is 5. The van der Waals surface area contributed by atoms with E-state index in [1.807, 2.05) is 38.1 Å². The highest BCUT2D eigenvalue weighted by molar-refractivity contribution is 14.1. The van der Waals surface area contributed by atoms with Gasteiger partial charge in [0, 0.05) is 27.3 Å². The number of benzene rings is 1. The fourth-order valence-corrected chi connectivity index (χ4v) is 3.56. The molecule has 0 atom stereocenters. The molecule has 2 heterocycles. The Balaban J connectivity index is 1.74. The summed E-state index contributed by atoms with van der Waals surface area (Å²) in [4.78, 5) is 17.0. The Hall–Kier alpha value is -1.87. The Morgan fingerprint density at radius 1 is 1.28 bits per heavy atom. The van der Waals surface area contributed by atoms with Crippen LogP contribution in [0.4, 0.5) is 5.69 Å². The van der Waals surface area contributed by atoms with Crippen LogP contribution in [0.3, 0.4) is 0 Å². The summed E-state index contributed by atoms with van der Waals surface area (Å²) in [7, 11) is 0. The Labute approximate surface area is 163 Å². The van der Waals surface area contributed by atoms with Crippen LogP contribution in [0, 0.1) is 17.4 Å². The van der Waals surface area contributed by atoms with Gasteiger partial charge in [0.15, 0.2) is 0 Å². The Morgan fingerprint density at radius 2 is 2.12 bits per heavy atom. The molecular weight excluding hydrogens is 449 g/mol. The highest BCUT2D eigenvalue weighted by atomic mass is 127. The van der Waals surface area contributed by atoms with E-state index in [0.29, 0.717) is 16.3 Å². The molecule has 128 valence electrons. The third kappa shape index (κ3) is 4.60. The zero-order valence-corrected chi connectivity index (χ0v) is 16.7. The molecule has 0 fully saturated rings. The smallest absolute Gasteiger partial charge is 0.258 e. The molecule has 0 saturated heterocycles. The number of aryl methyl sites for hydroxylation is 2. The Kier molecular flexibility index (Phi) is 5.74. The van der Waals surface area contributed by atoms with Gasteiger partial charge in [0.05, 0.1) is 11.3 Å². The number of pyridine rings is 1. The zero-order valence-electron chi connectivity index (χ0n) is 13.7. The quantitative estimate of drug-likeness (QED) is 0.432. The number of hydrogen-bond acceptors (Lipinski definition) is 5. The van der Waals surface area contributed by atoms with E-state index in [2.05, 4.69) is 38.0 Å². The first-order chi connectivity index (χ1) is 12.0. The standard InChI is InChI=1S/C18H16IN3O2S/c1-11-5-6-13(9-16(11)19)21-17(23)15-4-3-7-20-18(15)25-10-14-8-12(2)24-22-14/h3-9H,10H2,1-2H3,(H,21,23). The molecule has 25 heavy (non-hydrogen) atoms.